The van der Waals surface area contributed by atoms with Crippen LogP contribution in [0.15, 0.2) is 57.9 Å². The van der Waals surface area contributed by atoms with E-state index in [1.54, 1.807) is 0 Å². The first-order chi connectivity index (χ1) is 8.83. The van der Waals surface area contributed by atoms with Gasteiger partial charge in [-0.15, -0.1) is 11.8 Å². The fraction of sp³-hybridized carbons (Fsp3) is 0.200. The average molecular weight is 320 g/mol. The lowest BCUT2D eigenvalue weighted by Gasteiger charge is -2.26. The summed E-state index contributed by atoms with van der Waals surface area (Å²) in [5.41, 5.74) is 2.60. The second kappa shape index (κ2) is 5.37. The van der Waals surface area contributed by atoms with Gasteiger partial charge in [0.25, 0.3) is 0 Å². The fourth-order valence-corrected chi connectivity index (χ4v) is 3.80. The summed E-state index contributed by atoms with van der Waals surface area (Å²) >= 11 is 5.47. The highest BCUT2D eigenvalue weighted by molar-refractivity contribution is 9.10. The molecule has 0 saturated carbocycles. The first-order valence-electron chi connectivity index (χ1n) is 6.07. The Labute approximate surface area is 120 Å². The van der Waals surface area contributed by atoms with Crippen LogP contribution < -0.4 is 5.32 Å². The third-order valence-electron chi connectivity index (χ3n) is 3.12. The summed E-state index contributed by atoms with van der Waals surface area (Å²) in [6.07, 6.45) is 1.17. The average Bonchev–Trinajstić information content (AvgIpc) is 2.39. The molecular formula is C15H14BrNS. The summed E-state index contributed by atoms with van der Waals surface area (Å²) in [7, 11) is 0. The van der Waals surface area contributed by atoms with Crippen molar-refractivity contribution in [1.29, 1.82) is 0 Å². The number of anilines is 1. The Hall–Kier alpha value is -0.930. The minimum absolute atomic E-state index is 0.428. The number of fused-ring (bicyclic) bond motifs is 1. The van der Waals surface area contributed by atoms with Crippen LogP contribution in [-0.2, 0) is 0 Å². The number of halogens is 1. The predicted molar refractivity (Wildman–Crippen MR) is 82.3 cm³/mol. The molecule has 1 aliphatic rings. The summed E-state index contributed by atoms with van der Waals surface area (Å²) < 4.78 is 1.12. The molecule has 3 heteroatoms. The quantitative estimate of drug-likeness (QED) is 0.826. The molecule has 0 saturated heterocycles. The lowest BCUT2D eigenvalue weighted by atomic mass is 10.0. The van der Waals surface area contributed by atoms with Crippen molar-refractivity contribution in [2.24, 2.45) is 0 Å². The normalized spacial score (nSPS) is 18.2. The minimum atomic E-state index is 0.428. The van der Waals surface area contributed by atoms with Gasteiger partial charge in [-0.25, -0.2) is 0 Å². The summed E-state index contributed by atoms with van der Waals surface area (Å²) in [5.74, 6) is 1.18. The summed E-state index contributed by atoms with van der Waals surface area (Å²) in [6, 6.07) is 17.5. The Morgan fingerprint density at radius 3 is 2.89 bits per heavy atom. The van der Waals surface area contributed by atoms with E-state index in [0.717, 1.165) is 4.47 Å². The Bertz CT molecular complexity index is 556. The molecule has 0 amide bonds. The molecule has 1 aliphatic heterocycles. The van der Waals surface area contributed by atoms with E-state index < -0.39 is 0 Å². The van der Waals surface area contributed by atoms with E-state index >= 15 is 0 Å². The zero-order valence-electron chi connectivity index (χ0n) is 9.90. The SMILES string of the molecule is Brc1cccc(NC2CCSc3ccccc32)c1. The summed E-state index contributed by atoms with van der Waals surface area (Å²) in [5, 5.41) is 3.63. The molecule has 0 aromatic heterocycles. The van der Waals surface area contributed by atoms with Gasteiger partial charge in [0, 0.05) is 20.8 Å². The third-order valence-corrected chi connectivity index (χ3v) is 4.74. The van der Waals surface area contributed by atoms with E-state index in [1.165, 1.54) is 28.3 Å². The van der Waals surface area contributed by atoms with Crippen LogP contribution in [0.5, 0.6) is 0 Å². The lowest BCUT2D eigenvalue weighted by Crippen LogP contribution is -2.15. The van der Waals surface area contributed by atoms with E-state index in [4.69, 9.17) is 0 Å². The predicted octanol–water partition coefficient (Wildman–Crippen LogP) is 5.10. The number of rotatable bonds is 2. The Kier molecular flexibility index (Phi) is 3.62. The van der Waals surface area contributed by atoms with Gasteiger partial charge in [-0.3, -0.25) is 0 Å². The highest BCUT2D eigenvalue weighted by Gasteiger charge is 2.19. The first kappa shape index (κ1) is 12.1. The molecule has 92 valence electrons. The van der Waals surface area contributed by atoms with Crippen molar-refractivity contribution in [1.82, 2.24) is 0 Å². The van der Waals surface area contributed by atoms with E-state index in [2.05, 4.69) is 69.8 Å². The van der Waals surface area contributed by atoms with Crippen LogP contribution >= 0.6 is 27.7 Å². The molecule has 18 heavy (non-hydrogen) atoms. The van der Waals surface area contributed by atoms with Crippen molar-refractivity contribution in [3.05, 3.63) is 58.6 Å². The maximum atomic E-state index is 3.63. The van der Waals surface area contributed by atoms with Crippen molar-refractivity contribution in [2.75, 3.05) is 11.1 Å². The standard InChI is InChI=1S/C15H14BrNS/c16-11-4-3-5-12(10-11)17-14-8-9-18-15-7-2-1-6-13(14)15/h1-7,10,14,17H,8-9H2. The minimum Gasteiger partial charge on any atom is -0.378 e. The van der Waals surface area contributed by atoms with Gasteiger partial charge in [-0.05, 0) is 36.2 Å². The van der Waals surface area contributed by atoms with Gasteiger partial charge >= 0.3 is 0 Å². The van der Waals surface area contributed by atoms with Gasteiger partial charge in [0.15, 0.2) is 0 Å². The second-order valence-electron chi connectivity index (χ2n) is 4.38. The molecule has 0 spiro atoms. The van der Waals surface area contributed by atoms with Crippen molar-refractivity contribution in [3.8, 4) is 0 Å². The maximum Gasteiger partial charge on any atom is 0.0532 e. The van der Waals surface area contributed by atoms with Crippen LogP contribution in [0.1, 0.15) is 18.0 Å². The molecule has 2 aromatic rings. The van der Waals surface area contributed by atoms with Gasteiger partial charge in [0.05, 0.1) is 6.04 Å². The second-order valence-corrected chi connectivity index (χ2v) is 6.43. The number of benzene rings is 2. The molecule has 1 atom stereocenters. The molecule has 2 aromatic carbocycles. The molecule has 0 aliphatic carbocycles. The number of hydrogen-bond acceptors (Lipinski definition) is 2. The zero-order valence-corrected chi connectivity index (χ0v) is 12.3. The highest BCUT2D eigenvalue weighted by atomic mass is 79.9. The van der Waals surface area contributed by atoms with Gasteiger partial charge in [-0.1, -0.05) is 40.2 Å². The fourth-order valence-electron chi connectivity index (χ4n) is 2.27. The monoisotopic (exact) mass is 319 g/mol. The molecule has 1 nitrogen and oxygen atoms in total. The Balaban J connectivity index is 1.86. The molecule has 0 radical (unpaired) electrons. The van der Waals surface area contributed by atoms with Crippen molar-refractivity contribution in [2.45, 2.75) is 17.4 Å². The number of thioether (sulfide) groups is 1. The van der Waals surface area contributed by atoms with Crippen molar-refractivity contribution >= 4 is 33.4 Å². The van der Waals surface area contributed by atoms with Gasteiger partial charge in [0.2, 0.25) is 0 Å². The Morgan fingerprint density at radius 1 is 1.11 bits per heavy atom. The van der Waals surface area contributed by atoms with Gasteiger partial charge < -0.3 is 5.32 Å². The van der Waals surface area contributed by atoms with Gasteiger partial charge in [-0.2, -0.15) is 0 Å². The van der Waals surface area contributed by atoms with E-state index in [9.17, 15) is 0 Å². The highest BCUT2D eigenvalue weighted by Crippen LogP contribution is 2.37. The number of nitrogens with one attached hydrogen (secondary N) is 1. The molecule has 1 heterocycles. The van der Waals surface area contributed by atoms with Gasteiger partial charge in [0.1, 0.15) is 0 Å². The smallest absolute Gasteiger partial charge is 0.0532 e. The molecule has 1 unspecified atom stereocenters. The topological polar surface area (TPSA) is 12.0 Å². The molecule has 3 rings (SSSR count). The van der Waals surface area contributed by atoms with Crippen LogP contribution in [0, 0.1) is 0 Å². The van der Waals surface area contributed by atoms with Crippen LogP contribution in [0.25, 0.3) is 0 Å². The van der Waals surface area contributed by atoms with Crippen LogP contribution in [0.2, 0.25) is 0 Å². The van der Waals surface area contributed by atoms with E-state index in [1.807, 2.05) is 11.8 Å². The van der Waals surface area contributed by atoms with E-state index in [-0.39, 0.29) is 0 Å². The summed E-state index contributed by atoms with van der Waals surface area (Å²) in [6.45, 7) is 0. The lowest BCUT2D eigenvalue weighted by molar-refractivity contribution is 0.728. The van der Waals surface area contributed by atoms with Crippen molar-refractivity contribution < 1.29 is 0 Å². The third kappa shape index (κ3) is 2.57. The maximum absolute atomic E-state index is 3.63. The Morgan fingerprint density at radius 2 is 2.00 bits per heavy atom. The largest absolute Gasteiger partial charge is 0.378 e. The van der Waals surface area contributed by atoms with Crippen molar-refractivity contribution in [3.63, 3.8) is 0 Å². The molecule has 1 N–H and O–H groups in total. The molecule has 0 bridgehead atoms. The van der Waals surface area contributed by atoms with Crippen LogP contribution in [-0.4, -0.2) is 5.75 Å². The van der Waals surface area contributed by atoms with E-state index in [0.29, 0.717) is 6.04 Å². The van der Waals surface area contributed by atoms with Crippen LogP contribution in [0.4, 0.5) is 5.69 Å². The molecule has 0 fully saturated rings. The summed E-state index contributed by atoms with van der Waals surface area (Å²) in [4.78, 5) is 1.41. The first-order valence-corrected chi connectivity index (χ1v) is 7.84. The molecular weight excluding hydrogens is 306 g/mol. The zero-order chi connectivity index (χ0) is 12.4. The van der Waals surface area contributed by atoms with Crippen LogP contribution in [0.3, 0.4) is 0 Å². The number of hydrogen-bond donors (Lipinski definition) is 1.